The maximum absolute atomic E-state index is 13.0. The zero-order valence-electron chi connectivity index (χ0n) is 15.7. The number of amides is 2. The van der Waals surface area contributed by atoms with E-state index in [1.165, 1.54) is 11.8 Å². The van der Waals surface area contributed by atoms with E-state index < -0.39 is 6.04 Å². The maximum Gasteiger partial charge on any atom is 0.251 e. The lowest BCUT2D eigenvalue weighted by Crippen LogP contribution is -2.52. The van der Waals surface area contributed by atoms with Gasteiger partial charge in [0.1, 0.15) is 5.82 Å². The number of anilines is 2. The molecule has 4 rings (SSSR count). The standard InChI is InChI=1S/C21H22N4O3/c1-15(26)16-5-7-17(8-6-16)25-20(27)14-18(21(25)28)23-10-12-24(13-11-23)19-4-2-3-9-22-19/h2-9,18H,10-14H2,1H3/t18-/m1/s1. The fourth-order valence-electron chi connectivity index (χ4n) is 3.82. The number of hydrogen-bond acceptors (Lipinski definition) is 6. The van der Waals surface area contributed by atoms with Gasteiger partial charge in [0.25, 0.3) is 5.91 Å². The lowest BCUT2D eigenvalue weighted by Gasteiger charge is -2.37. The number of ketones is 1. The van der Waals surface area contributed by atoms with Gasteiger partial charge in [-0.15, -0.1) is 0 Å². The molecule has 0 saturated carbocycles. The zero-order chi connectivity index (χ0) is 19.7. The Labute approximate surface area is 163 Å². The molecule has 2 amide bonds. The van der Waals surface area contributed by atoms with Crippen molar-refractivity contribution < 1.29 is 14.4 Å². The summed E-state index contributed by atoms with van der Waals surface area (Å²) in [6.45, 7) is 4.43. The van der Waals surface area contributed by atoms with Gasteiger partial charge in [0, 0.05) is 37.9 Å². The predicted octanol–water partition coefficient (Wildman–Crippen LogP) is 1.74. The van der Waals surface area contributed by atoms with Crippen LogP contribution < -0.4 is 9.80 Å². The zero-order valence-corrected chi connectivity index (χ0v) is 15.7. The fourth-order valence-corrected chi connectivity index (χ4v) is 3.82. The van der Waals surface area contributed by atoms with Gasteiger partial charge in [-0.05, 0) is 43.3 Å². The molecule has 2 aromatic rings. The Morgan fingerprint density at radius 1 is 1.00 bits per heavy atom. The van der Waals surface area contributed by atoms with Crippen LogP contribution in [0.5, 0.6) is 0 Å². The Kier molecular flexibility index (Phi) is 4.92. The molecule has 0 unspecified atom stereocenters. The van der Waals surface area contributed by atoms with Crippen LogP contribution in [0.1, 0.15) is 23.7 Å². The van der Waals surface area contributed by atoms with Gasteiger partial charge in [0.2, 0.25) is 5.91 Å². The number of benzene rings is 1. The van der Waals surface area contributed by atoms with Crippen molar-refractivity contribution in [1.82, 2.24) is 9.88 Å². The number of imide groups is 1. The number of carbonyl (C=O) groups excluding carboxylic acids is 3. The molecule has 2 saturated heterocycles. The molecule has 2 aliphatic rings. The highest BCUT2D eigenvalue weighted by molar-refractivity contribution is 6.22. The minimum Gasteiger partial charge on any atom is -0.354 e. The van der Waals surface area contributed by atoms with Crippen molar-refractivity contribution in [3.05, 3.63) is 54.2 Å². The molecule has 0 spiro atoms. The van der Waals surface area contributed by atoms with Gasteiger partial charge in [-0.25, -0.2) is 9.88 Å². The topological polar surface area (TPSA) is 73.8 Å². The Hall–Kier alpha value is -3.06. The largest absolute Gasteiger partial charge is 0.354 e. The van der Waals surface area contributed by atoms with Crippen LogP contribution in [0, 0.1) is 0 Å². The summed E-state index contributed by atoms with van der Waals surface area (Å²) in [7, 11) is 0. The summed E-state index contributed by atoms with van der Waals surface area (Å²) in [5, 5.41) is 0. The Morgan fingerprint density at radius 3 is 2.32 bits per heavy atom. The molecule has 2 fully saturated rings. The Bertz CT molecular complexity index is 890. The third-order valence-corrected chi connectivity index (χ3v) is 5.38. The molecule has 0 radical (unpaired) electrons. The van der Waals surface area contributed by atoms with E-state index in [9.17, 15) is 14.4 Å². The van der Waals surface area contributed by atoms with Crippen molar-refractivity contribution in [3.63, 3.8) is 0 Å². The van der Waals surface area contributed by atoms with Gasteiger partial charge < -0.3 is 4.90 Å². The van der Waals surface area contributed by atoms with Crippen molar-refractivity contribution >= 4 is 29.1 Å². The second-order valence-corrected chi connectivity index (χ2v) is 7.10. The molecule has 0 aliphatic carbocycles. The number of piperazine rings is 1. The number of carbonyl (C=O) groups is 3. The number of hydrogen-bond donors (Lipinski definition) is 0. The second kappa shape index (κ2) is 7.52. The molecule has 0 bridgehead atoms. The quantitative estimate of drug-likeness (QED) is 0.596. The molecule has 2 aliphatic heterocycles. The number of nitrogens with zero attached hydrogens (tertiary/aromatic N) is 4. The number of pyridine rings is 1. The number of aromatic nitrogens is 1. The lowest BCUT2D eigenvalue weighted by atomic mass is 10.1. The average Bonchev–Trinajstić information content (AvgIpc) is 3.03. The van der Waals surface area contributed by atoms with Crippen molar-refractivity contribution in [1.29, 1.82) is 0 Å². The van der Waals surface area contributed by atoms with Crippen LogP contribution in [0.4, 0.5) is 11.5 Å². The fraction of sp³-hybridized carbons (Fsp3) is 0.333. The molecule has 1 aromatic heterocycles. The highest BCUT2D eigenvalue weighted by Gasteiger charge is 2.43. The molecule has 7 nitrogen and oxygen atoms in total. The van der Waals surface area contributed by atoms with Gasteiger partial charge in [0.05, 0.1) is 18.2 Å². The lowest BCUT2D eigenvalue weighted by molar-refractivity contribution is -0.123. The summed E-state index contributed by atoms with van der Waals surface area (Å²) in [5.74, 6) is 0.502. The van der Waals surface area contributed by atoms with E-state index in [4.69, 9.17) is 0 Å². The molecular weight excluding hydrogens is 356 g/mol. The Balaban J connectivity index is 1.44. The van der Waals surface area contributed by atoms with Crippen molar-refractivity contribution in [2.75, 3.05) is 36.0 Å². The first-order chi connectivity index (χ1) is 13.5. The highest BCUT2D eigenvalue weighted by atomic mass is 16.2. The normalized spacial score (nSPS) is 20.7. The third kappa shape index (κ3) is 3.41. The van der Waals surface area contributed by atoms with Crippen LogP contribution in [0.25, 0.3) is 0 Å². The van der Waals surface area contributed by atoms with E-state index in [0.29, 0.717) is 24.3 Å². The summed E-state index contributed by atoms with van der Waals surface area (Å²) in [5.41, 5.74) is 1.08. The molecule has 1 atom stereocenters. The molecule has 7 heteroatoms. The predicted molar refractivity (Wildman–Crippen MR) is 105 cm³/mol. The Morgan fingerprint density at radius 2 is 1.71 bits per heavy atom. The van der Waals surface area contributed by atoms with Crippen LogP contribution in [-0.4, -0.2) is 59.7 Å². The smallest absolute Gasteiger partial charge is 0.251 e. The van der Waals surface area contributed by atoms with Crippen molar-refractivity contribution in [2.24, 2.45) is 0 Å². The first-order valence-electron chi connectivity index (χ1n) is 9.42. The van der Waals surface area contributed by atoms with Crippen LogP contribution >= 0.6 is 0 Å². The van der Waals surface area contributed by atoms with Crippen LogP contribution in [-0.2, 0) is 9.59 Å². The molecular formula is C21H22N4O3. The van der Waals surface area contributed by atoms with Gasteiger partial charge in [-0.1, -0.05) is 6.07 Å². The molecule has 0 N–H and O–H groups in total. The summed E-state index contributed by atoms with van der Waals surface area (Å²) < 4.78 is 0. The van der Waals surface area contributed by atoms with E-state index in [0.717, 1.165) is 18.9 Å². The van der Waals surface area contributed by atoms with Crippen LogP contribution in [0.3, 0.4) is 0 Å². The monoisotopic (exact) mass is 378 g/mol. The van der Waals surface area contributed by atoms with Gasteiger partial charge in [0.15, 0.2) is 5.78 Å². The van der Waals surface area contributed by atoms with Crippen molar-refractivity contribution in [2.45, 2.75) is 19.4 Å². The van der Waals surface area contributed by atoms with E-state index in [1.54, 1.807) is 30.5 Å². The van der Waals surface area contributed by atoms with E-state index in [2.05, 4.69) is 14.8 Å². The van der Waals surface area contributed by atoms with Gasteiger partial charge >= 0.3 is 0 Å². The molecule has 28 heavy (non-hydrogen) atoms. The number of Topliss-reactive ketones (excluding diaryl/α,β-unsaturated/α-hetero) is 1. The van der Waals surface area contributed by atoms with Gasteiger partial charge in [-0.3, -0.25) is 19.3 Å². The summed E-state index contributed by atoms with van der Waals surface area (Å²) in [4.78, 5) is 46.8. The average molecular weight is 378 g/mol. The molecule has 1 aromatic carbocycles. The minimum absolute atomic E-state index is 0.0470. The summed E-state index contributed by atoms with van der Waals surface area (Å²) in [6, 6.07) is 12.0. The van der Waals surface area contributed by atoms with E-state index in [1.807, 2.05) is 18.2 Å². The van der Waals surface area contributed by atoms with Crippen LogP contribution in [0.15, 0.2) is 48.7 Å². The third-order valence-electron chi connectivity index (χ3n) is 5.38. The SMILES string of the molecule is CC(=O)c1ccc(N2C(=O)C[C@@H](N3CCN(c4ccccn4)CC3)C2=O)cc1. The summed E-state index contributed by atoms with van der Waals surface area (Å²) in [6.07, 6.45) is 1.97. The molecule has 144 valence electrons. The van der Waals surface area contributed by atoms with Crippen molar-refractivity contribution in [3.8, 4) is 0 Å². The maximum atomic E-state index is 13.0. The first kappa shape index (κ1) is 18.3. The van der Waals surface area contributed by atoms with Gasteiger partial charge in [-0.2, -0.15) is 0 Å². The van der Waals surface area contributed by atoms with Crippen LogP contribution in [0.2, 0.25) is 0 Å². The molecule has 3 heterocycles. The van der Waals surface area contributed by atoms with E-state index in [-0.39, 0.29) is 24.0 Å². The second-order valence-electron chi connectivity index (χ2n) is 7.10. The number of rotatable bonds is 4. The first-order valence-corrected chi connectivity index (χ1v) is 9.42. The highest BCUT2D eigenvalue weighted by Crippen LogP contribution is 2.27. The summed E-state index contributed by atoms with van der Waals surface area (Å²) >= 11 is 0. The van der Waals surface area contributed by atoms with E-state index >= 15 is 0 Å². The minimum atomic E-state index is -0.425.